The molecule has 0 amide bonds. The van der Waals surface area contributed by atoms with Crippen LogP contribution in [-0.4, -0.2) is 31.3 Å². The summed E-state index contributed by atoms with van der Waals surface area (Å²) in [4.78, 5) is 27.2. The zero-order chi connectivity index (χ0) is 27.4. The quantitative estimate of drug-likeness (QED) is 0.291. The summed E-state index contributed by atoms with van der Waals surface area (Å²) in [6.07, 6.45) is -1.80. The number of methoxy groups -OCH3 is 1. The number of ether oxygens (including phenoxy) is 3. The van der Waals surface area contributed by atoms with Crippen molar-refractivity contribution >= 4 is 11.9 Å². The van der Waals surface area contributed by atoms with Gasteiger partial charge in [0, 0.05) is 7.11 Å². The fraction of sp³-hybridized carbons (Fsp3) is 0.235. The van der Waals surface area contributed by atoms with Gasteiger partial charge in [0.2, 0.25) is 0 Å². The lowest BCUT2D eigenvalue weighted by molar-refractivity contribution is -0.167. The van der Waals surface area contributed by atoms with Crippen LogP contribution in [0.1, 0.15) is 61.0 Å². The van der Waals surface area contributed by atoms with E-state index in [9.17, 15) is 9.59 Å². The Morgan fingerprint density at radius 2 is 0.974 bits per heavy atom. The number of esters is 2. The lowest BCUT2D eigenvalue weighted by Crippen LogP contribution is -2.67. The van der Waals surface area contributed by atoms with Crippen molar-refractivity contribution in [1.29, 1.82) is 0 Å². The summed E-state index contributed by atoms with van der Waals surface area (Å²) in [5.41, 5.74) is 4.72. The first-order valence-electron chi connectivity index (χ1n) is 13.1. The molecule has 196 valence electrons. The minimum absolute atomic E-state index is 0.420. The van der Waals surface area contributed by atoms with Gasteiger partial charge in [0.1, 0.15) is 0 Å². The molecular formula is C34H30O5. The summed E-state index contributed by atoms with van der Waals surface area (Å²) >= 11 is 0. The number of hydrogen-bond acceptors (Lipinski definition) is 5. The molecule has 39 heavy (non-hydrogen) atoms. The molecule has 0 fully saturated rings. The van der Waals surface area contributed by atoms with Crippen molar-refractivity contribution in [3.05, 3.63) is 142 Å². The van der Waals surface area contributed by atoms with E-state index in [0.717, 1.165) is 33.4 Å². The van der Waals surface area contributed by atoms with Crippen molar-refractivity contribution in [2.45, 2.75) is 44.0 Å². The molecule has 0 saturated heterocycles. The molecule has 5 nitrogen and oxygen atoms in total. The van der Waals surface area contributed by atoms with Crippen molar-refractivity contribution in [1.82, 2.24) is 0 Å². The zero-order valence-electron chi connectivity index (χ0n) is 22.4. The van der Waals surface area contributed by atoms with Gasteiger partial charge in [-0.2, -0.15) is 0 Å². The van der Waals surface area contributed by atoms with Crippen molar-refractivity contribution in [2.24, 2.45) is 0 Å². The summed E-state index contributed by atoms with van der Waals surface area (Å²) in [6.45, 7) is 5.99. The second kappa shape index (κ2) is 9.21. The highest BCUT2D eigenvalue weighted by molar-refractivity contribution is 5.91. The Hall–Kier alpha value is -4.22. The van der Waals surface area contributed by atoms with Crippen molar-refractivity contribution in [3.63, 3.8) is 0 Å². The lowest BCUT2D eigenvalue weighted by Gasteiger charge is -2.59. The SMILES string of the molecule is COC12c3ccccc3C(C)(c3ccccc31)[C@H](OC(=O)c1ccc(C)cc1)[C@@H]2OC(=O)c1ccc(C)cc1. The molecule has 0 radical (unpaired) electrons. The van der Waals surface area contributed by atoms with E-state index in [1.165, 1.54) is 0 Å². The van der Waals surface area contributed by atoms with Gasteiger partial charge >= 0.3 is 11.9 Å². The van der Waals surface area contributed by atoms with Crippen molar-refractivity contribution in [3.8, 4) is 0 Å². The summed E-state index contributed by atoms with van der Waals surface area (Å²) < 4.78 is 19.1. The average Bonchev–Trinajstić information content (AvgIpc) is 2.96. The minimum Gasteiger partial charge on any atom is -0.453 e. The fourth-order valence-corrected chi connectivity index (χ4v) is 6.35. The predicted octanol–water partition coefficient (Wildman–Crippen LogP) is 6.28. The molecule has 0 unspecified atom stereocenters. The van der Waals surface area contributed by atoms with Crippen LogP contribution in [0.25, 0.3) is 0 Å². The van der Waals surface area contributed by atoms with Crippen LogP contribution in [0.5, 0.6) is 0 Å². The number of hydrogen-bond donors (Lipinski definition) is 0. The molecule has 7 rings (SSSR count). The Bertz CT molecular complexity index is 1520. The lowest BCUT2D eigenvalue weighted by atomic mass is 9.51. The highest BCUT2D eigenvalue weighted by Gasteiger charge is 2.68. The van der Waals surface area contributed by atoms with Crippen LogP contribution in [0.15, 0.2) is 97.1 Å². The molecule has 0 heterocycles. The molecule has 0 aliphatic heterocycles. The summed E-state index contributed by atoms with van der Waals surface area (Å²) in [6, 6.07) is 30.5. The first-order valence-corrected chi connectivity index (χ1v) is 13.1. The van der Waals surface area contributed by atoms with E-state index < -0.39 is 35.2 Å². The molecule has 0 saturated carbocycles. The van der Waals surface area contributed by atoms with Crippen LogP contribution in [0, 0.1) is 13.8 Å². The second-order valence-electron chi connectivity index (χ2n) is 10.6. The Balaban J connectivity index is 1.54. The van der Waals surface area contributed by atoms with Gasteiger partial charge in [0.25, 0.3) is 0 Å². The summed E-state index contributed by atoms with van der Waals surface area (Å²) in [5.74, 6) is -0.981. The maximum Gasteiger partial charge on any atom is 0.338 e. The smallest absolute Gasteiger partial charge is 0.338 e. The molecule has 0 spiro atoms. The Kier molecular flexibility index (Phi) is 5.92. The number of carbonyl (C=O) groups is 2. The van der Waals surface area contributed by atoms with Gasteiger partial charge in [0.15, 0.2) is 17.8 Å². The largest absolute Gasteiger partial charge is 0.453 e. The van der Waals surface area contributed by atoms with E-state index in [-0.39, 0.29) is 0 Å². The molecule has 4 aromatic carbocycles. The van der Waals surface area contributed by atoms with E-state index in [0.29, 0.717) is 11.1 Å². The van der Waals surface area contributed by atoms with Gasteiger partial charge in [-0.25, -0.2) is 9.59 Å². The van der Waals surface area contributed by atoms with E-state index in [1.807, 2.05) is 86.6 Å². The third-order valence-corrected chi connectivity index (χ3v) is 8.38. The Labute approximate surface area is 228 Å². The van der Waals surface area contributed by atoms with E-state index in [2.05, 4.69) is 6.92 Å². The topological polar surface area (TPSA) is 61.8 Å². The van der Waals surface area contributed by atoms with E-state index in [4.69, 9.17) is 14.2 Å². The standard InChI is InChI=1S/C34H30O5/c1-21-13-17-23(18-14-21)31(35)38-29-30(39-32(36)24-19-15-22(2)16-20-24)34(37-4)27-11-7-5-9-25(27)33(29,3)26-10-6-8-12-28(26)34/h5-20,29-30H,1-4H3/t29-,30+,33?,34?/m1/s1. The van der Waals surface area contributed by atoms with Crippen LogP contribution in [0.2, 0.25) is 0 Å². The van der Waals surface area contributed by atoms with Gasteiger partial charge in [-0.3, -0.25) is 0 Å². The molecule has 0 aromatic heterocycles. The first kappa shape index (κ1) is 25.1. The van der Waals surface area contributed by atoms with Crippen LogP contribution < -0.4 is 0 Å². The predicted molar refractivity (Wildman–Crippen MR) is 148 cm³/mol. The van der Waals surface area contributed by atoms with Gasteiger partial charge in [-0.15, -0.1) is 0 Å². The van der Waals surface area contributed by atoms with Gasteiger partial charge in [-0.1, -0.05) is 83.9 Å². The monoisotopic (exact) mass is 518 g/mol. The Morgan fingerprint density at radius 3 is 1.38 bits per heavy atom. The van der Waals surface area contributed by atoms with Gasteiger partial charge < -0.3 is 14.2 Å². The number of aryl methyl sites for hydroxylation is 2. The molecule has 2 bridgehead atoms. The van der Waals surface area contributed by atoms with Crippen LogP contribution in [-0.2, 0) is 25.2 Å². The Morgan fingerprint density at radius 1 is 0.590 bits per heavy atom. The van der Waals surface area contributed by atoms with Crippen LogP contribution >= 0.6 is 0 Å². The van der Waals surface area contributed by atoms with Crippen LogP contribution in [0.4, 0.5) is 0 Å². The van der Waals surface area contributed by atoms with Crippen molar-refractivity contribution in [2.75, 3.05) is 7.11 Å². The fourth-order valence-electron chi connectivity index (χ4n) is 6.35. The highest BCUT2D eigenvalue weighted by atomic mass is 16.6. The normalized spacial score (nSPS) is 24.4. The van der Waals surface area contributed by atoms with Gasteiger partial charge in [0.05, 0.1) is 16.5 Å². The van der Waals surface area contributed by atoms with E-state index in [1.54, 1.807) is 31.4 Å². The maximum atomic E-state index is 13.6. The van der Waals surface area contributed by atoms with Crippen LogP contribution in [0.3, 0.4) is 0 Å². The first-order chi connectivity index (χ1) is 18.8. The molecule has 2 atom stereocenters. The second-order valence-corrected chi connectivity index (χ2v) is 10.6. The third kappa shape index (κ3) is 3.64. The maximum absolute atomic E-state index is 13.6. The molecule has 5 heteroatoms. The third-order valence-electron chi connectivity index (χ3n) is 8.38. The average molecular weight is 519 g/mol. The summed E-state index contributed by atoms with van der Waals surface area (Å²) in [5, 5.41) is 0. The molecule has 0 N–H and O–H groups in total. The highest BCUT2D eigenvalue weighted by Crippen LogP contribution is 2.61. The number of carbonyl (C=O) groups excluding carboxylic acids is 2. The van der Waals surface area contributed by atoms with Gasteiger partial charge in [-0.05, 0) is 67.3 Å². The number of rotatable bonds is 5. The molecule has 3 aliphatic carbocycles. The van der Waals surface area contributed by atoms with Crippen molar-refractivity contribution < 1.29 is 23.8 Å². The molecule has 3 aliphatic rings. The number of fused-ring (bicyclic) bond motifs is 1. The minimum atomic E-state index is -1.18. The molecule has 4 aromatic rings. The number of benzene rings is 4. The molecular weight excluding hydrogens is 488 g/mol. The summed E-state index contributed by atoms with van der Waals surface area (Å²) in [7, 11) is 1.62. The van der Waals surface area contributed by atoms with E-state index >= 15 is 0 Å². The zero-order valence-corrected chi connectivity index (χ0v) is 22.4.